The van der Waals surface area contributed by atoms with Gasteiger partial charge in [0.1, 0.15) is 0 Å². The Morgan fingerprint density at radius 1 is 1.53 bits per heavy atom. The molecule has 2 heterocycles. The van der Waals surface area contributed by atoms with Gasteiger partial charge in [0, 0.05) is 23.9 Å². The molecule has 0 aliphatic carbocycles. The molecule has 0 bridgehead atoms. The summed E-state index contributed by atoms with van der Waals surface area (Å²) in [6.07, 6.45) is 3.60. The molecular formula is C13H23N3O. The fourth-order valence-electron chi connectivity index (χ4n) is 2.61. The van der Waals surface area contributed by atoms with E-state index in [2.05, 4.69) is 23.6 Å². The summed E-state index contributed by atoms with van der Waals surface area (Å²) in [4.78, 5) is 0. The minimum atomic E-state index is 0.105. The predicted molar refractivity (Wildman–Crippen MR) is 67.9 cm³/mol. The van der Waals surface area contributed by atoms with Crippen molar-refractivity contribution in [2.45, 2.75) is 58.7 Å². The second-order valence-corrected chi connectivity index (χ2v) is 4.92. The molecule has 4 nitrogen and oxygen atoms in total. The van der Waals surface area contributed by atoms with Crippen LogP contribution in [-0.2, 0) is 11.3 Å². The van der Waals surface area contributed by atoms with Crippen LogP contribution in [0.3, 0.4) is 0 Å². The first kappa shape index (κ1) is 12.6. The molecule has 0 spiro atoms. The Morgan fingerprint density at radius 2 is 2.29 bits per heavy atom. The third-order valence-corrected chi connectivity index (χ3v) is 3.65. The summed E-state index contributed by atoms with van der Waals surface area (Å²) < 4.78 is 7.72. The molecule has 2 N–H and O–H groups in total. The van der Waals surface area contributed by atoms with Gasteiger partial charge in [-0.15, -0.1) is 0 Å². The van der Waals surface area contributed by atoms with Crippen molar-refractivity contribution in [3.05, 3.63) is 17.0 Å². The zero-order valence-corrected chi connectivity index (χ0v) is 11.1. The van der Waals surface area contributed by atoms with Crippen molar-refractivity contribution < 1.29 is 4.74 Å². The highest BCUT2D eigenvalue weighted by atomic mass is 16.5. The van der Waals surface area contributed by atoms with Crippen molar-refractivity contribution in [1.29, 1.82) is 0 Å². The van der Waals surface area contributed by atoms with Crippen LogP contribution in [-0.4, -0.2) is 22.5 Å². The van der Waals surface area contributed by atoms with Gasteiger partial charge in [0.2, 0.25) is 0 Å². The summed E-state index contributed by atoms with van der Waals surface area (Å²) in [5.41, 5.74) is 9.61. The summed E-state index contributed by atoms with van der Waals surface area (Å²) in [6, 6.07) is 0.105. The molecule has 1 aliphatic rings. The van der Waals surface area contributed by atoms with Crippen LogP contribution in [0, 0.1) is 13.8 Å². The van der Waals surface area contributed by atoms with Crippen molar-refractivity contribution in [3.8, 4) is 0 Å². The molecule has 0 radical (unpaired) electrons. The predicted octanol–water partition coefficient (Wildman–Crippen LogP) is 2.09. The van der Waals surface area contributed by atoms with Gasteiger partial charge in [-0.1, -0.05) is 6.92 Å². The normalized spacial score (nSPS) is 22.0. The maximum absolute atomic E-state index is 6.13. The lowest BCUT2D eigenvalue weighted by Crippen LogP contribution is -2.17. The molecule has 0 saturated carbocycles. The molecule has 96 valence electrons. The van der Waals surface area contributed by atoms with Gasteiger partial charge in [-0.2, -0.15) is 5.10 Å². The SMILES string of the molecule is CCC(N)c1c(C)nn(CC2CCCO2)c1C. The molecule has 0 amide bonds. The van der Waals surface area contributed by atoms with Crippen LogP contribution in [0.4, 0.5) is 0 Å². The molecule has 2 rings (SSSR count). The zero-order chi connectivity index (χ0) is 12.4. The number of hydrogen-bond acceptors (Lipinski definition) is 3. The standard InChI is InChI=1S/C13H23N3O/c1-4-12(14)13-9(2)15-16(10(13)3)8-11-6-5-7-17-11/h11-12H,4-8,14H2,1-3H3. The molecule has 2 unspecified atom stereocenters. The number of hydrogen-bond donors (Lipinski definition) is 1. The van der Waals surface area contributed by atoms with Crippen molar-refractivity contribution in [2.24, 2.45) is 5.73 Å². The molecule has 1 aromatic heterocycles. The number of aryl methyl sites for hydroxylation is 1. The molecule has 4 heteroatoms. The fraction of sp³-hybridized carbons (Fsp3) is 0.769. The van der Waals surface area contributed by atoms with Gasteiger partial charge >= 0.3 is 0 Å². The summed E-state index contributed by atoms with van der Waals surface area (Å²) in [6.45, 7) is 8.03. The second-order valence-electron chi connectivity index (χ2n) is 4.92. The summed E-state index contributed by atoms with van der Waals surface area (Å²) in [7, 11) is 0. The maximum Gasteiger partial charge on any atom is 0.0771 e. The average molecular weight is 237 g/mol. The molecular weight excluding hydrogens is 214 g/mol. The highest BCUT2D eigenvalue weighted by molar-refractivity contribution is 5.27. The van der Waals surface area contributed by atoms with E-state index in [9.17, 15) is 0 Å². The Bertz CT molecular complexity index is 380. The molecule has 1 aromatic rings. The zero-order valence-electron chi connectivity index (χ0n) is 11.1. The van der Waals surface area contributed by atoms with Gasteiger partial charge < -0.3 is 10.5 Å². The van der Waals surface area contributed by atoms with E-state index in [4.69, 9.17) is 10.5 Å². The molecule has 1 aliphatic heterocycles. The van der Waals surface area contributed by atoms with Gasteiger partial charge in [0.25, 0.3) is 0 Å². The smallest absolute Gasteiger partial charge is 0.0771 e. The lowest BCUT2D eigenvalue weighted by atomic mass is 10.0. The van der Waals surface area contributed by atoms with E-state index < -0.39 is 0 Å². The summed E-state index contributed by atoms with van der Waals surface area (Å²) in [5.74, 6) is 0. The summed E-state index contributed by atoms with van der Waals surface area (Å²) >= 11 is 0. The van der Waals surface area contributed by atoms with E-state index in [1.165, 1.54) is 17.7 Å². The van der Waals surface area contributed by atoms with Crippen LogP contribution < -0.4 is 5.73 Å². The van der Waals surface area contributed by atoms with Crippen LogP contribution in [0.2, 0.25) is 0 Å². The van der Waals surface area contributed by atoms with Gasteiger partial charge in [-0.05, 0) is 33.1 Å². The molecule has 0 aromatic carbocycles. The quantitative estimate of drug-likeness (QED) is 0.872. The second kappa shape index (κ2) is 5.19. The van der Waals surface area contributed by atoms with E-state index >= 15 is 0 Å². The third-order valence-electron chi connectivity index (χ3n) is 3.65. The molecule has 17 heavy (non-hydrogen) atoms. The Hall–Kier alpha value is -0.870. The Kier molecular flexibility index (Phi) is 3.84. The summed E-state index contributed by atoms with van der Waals surface area (Å²) in [5, 5.41) is 4.60. The van der Waals surface area contributed by atoms with Crippen molar-refractivity contribution >= 4 is 0 Å². The highest BCUT2D eigenvalue weighted by Crippen LogP contribution is 2.23. The minimum absolute atomic E-state index is 0.105. The van der Waals surface area contributed by atoms with Gasteiger partial charge in [-0.25, -0.2) is 0 Å². The van der Waals surface area contributed by atoms with E-state index in [0.29, 0.717) is 6.10 Å². The molecule has 1 fully saturated rings. The number of nitrogens with two attached hydrogens (primary N) is 1. The number of aromatic nitrogens is 2. The highest BCUT2D eigenvalue weighted by Gasteiger charge is 2.21. The fourth-order valence-corrected chi connectivity index (χ4v) is 2.61. The van der Waals surface area contributed by atoms with Crippen molar-refractivity contribution in [2.75, 3.05) is 6.61 Å². The lowest BCUT2D eigenvalue weighted by Gasteiger charge is -2.13. The first-order valence-electron chi connectivity index (χ1n) is 6.54. The van der Waals surface area contributed by atoms with Crippen LogP contribution in [0.1, 0.15) is 49.2 Å². The number of ether oxygens (including phenoxy) is 1. The Balaban J connectivity index is 2.17. The Labute approximate surface area is 103 Å². The lowest BCUT2D eigenvalue weighted by molar-refractivity contribution is 0.0933. The topological polar surface area (TPSA) is 53.1 Å². The first-order chi connectivity index (χ1) is 8.13. The van der Waals surface area contributed by atoms with E-state index in [1.807, 2.05) is 6.92 Å². The van der Waals surface area contributed by atoms with Crippen LogP contribution in [0.15, 0.2) is 0 Å². The average Bonchev–Trinajstić information content (AvgIpc) is 2.89. The number of nitrogens with zero attached hydrogens (tertiary/aromatic N) is 2. The minimum Gasteiger partial charge on any atom is -0.376 e. The van der Waals surface area contributed by atoms with Crippen LogP contribution in [0.25, 0.3) is 0 Å². The first-order valence-corrected chi connectivity index (χ1v) is 6.54. The van der Waals surface area contributed by atoms with Gasteiger partial charge in [0.15, 0.2) is 0 Å². The van der Waals surface area contributed by atoms with Crippen molar-refractivity contribution in [3.63, 3.8) is 0 Å². The van der Waals surface area contributed by atoms with Gasteiger partial charge in [-0.3, -0.25) is 4.68 Å². The van der Waals surface area contributed by atoms with Crippen LogP contribution >= 0.6 is 0 Å². The third kappa shape index (κ3) is 2.53. The monoisotopic (exact) mass is 237 g/mol. The number of rotatable bonds is 4. The van der Waals surface area contributed by atoms with Gasteiger partial charge in [0.05, 0.1) is 18.3 Å². The van der Waals surface area contributed by atoms with Crippen molar-refractivity contribution in [1.82, 2.24) is 9.78 Å². The Morgan fingerprint density at radius 3 is 2.88 bits per heavy atom. The van der Waals surface area contributed by atoms with E-state index in [1.54, 1.807) is 0 Å². The van der Waals surface area contributed by atoms with E-state index in [-0.39, 0.29) is 6.04 Å². The largest absolute Gasteiger partial charge is 0.376 e. The maximum atomic E-state index is 6.13. The van der Waals surface area contributed by atoms with Crippen LogP contribution in [0.5, 0.6) is 0 Å². The van der Waals surface area contributed by atoms with E-state index in [0.717, 1.165) is 31.7 Å². The molecule has 1 saturated heterocycles. The molecule has 2 atom stereocenters.